The number of non-ortho nitro benzene ring substituents is 1. The largest absolute Gasteiger partial charge is 0.302 e. The van der Waals surface area contributed by atoms with Gasteiger partial charge >= 0.3 is 0 Å². The lowest BCUT2D eigenvalue weighted by Crippen LogP contribution is -2.00. The molecule has 1 aromatic heterocycles. The molecule has 3 aromatic rings. The fraction of sp³-hybridized carbons (Fsp3) is 0.176. The smallest absolute Gasteiger partial charge is 0.270 e. The minimum Gasteiger partial charge on any atom is -0.302 e. The summed E-state index contributed by atoms with van der Waals surface area (Å²) in [7, 11) is 0. The molecule has 2 aromatic carbocycles. The van der Waals surface area contributed by atoms with E-state index in [-0.39, 0.29) is 5.69 Å². The van der Waals surface area contributed by atoms with Gasteiger partial charge in [-0.05, 0) is 24.6 Å². The maximum Gasteiger partial charge on any atom is 0.270 e. The van der Waals surface area contributed by atoms with Crippen molar-refractivity contribution >= 4 is 29.1 Å². The summed E-state index contributed by atoms with van der Waals surface area (Å²) >= 11 is 7.57. The summed E-state index contributed by atoms with van der Waals surface area (Å²) < 4.78 is 1.95. The third-order valence-electron chi connectivity index (χ3n) is 3.61. The molecule has 0 aliphatic heterocycles. The van der Waals surface area contributed by atoms with Crippen molar-refractivity contribution in [1.82, 2.24) is 14.8 Å². The second-order valence-corrected chi connectivity index (χ2v) is 6.66. The number of benzene rings is 2. The van der Waals surface area contributed by atoms with Crippen LogP contribution < -0.4 is 0 Å². The summed E-state index contributed by atoms with van der Waals surface area (Å²) in [6, 6.07) is 14.1. The van der Waals surface area contributed by atoms with Gasteiger partial charge in [-0.15, -0.1) is 10.2 Å². The van der Waals surface area contributed by atoms with Gasteiger partial charge in [0.2, 0.25) is 0 Å². The van der Waals surface area contributed by atoms with E-state index in [0.717, 1.165) is 10.7 Å². The van der Waals surface area contributed by atoms with Crippen LogP contribution in [0.1, 0.15) is 12.5 Å². The maximum absolute atomic E-state index is 11.0. The van der Waals surface area contributed by atoms with Crippen molar-refractivity contribution in [3.05, 3.63) is 69.2 Å². The van der Waals surface area contributed by atoms with Gasteiger partial charge in [-0.3, -0.25) is 10.1 Å². The van der Waals surface area contributed by atoms with E-state index in [1.165, 1.54) is 12.1 Å². The van der Waals surface area contributed by atoms with E-state index >= 15 is 0 Å². The fourth-order valence-electron chi connectivity index (χ4n) is 2.43. The maximum atomic E-state index is 11.0. The molecule has 0 spiro atoms. The zero-order chi connectivity index (χ0) is 17.8. The molecule has 0 fully saturated rings. The van der Waals surface area contributed by atoms with Crippen LogP contribution in [0.15, 0.2) is 53.7 Å². The molecular weight excluding hydrogens is 360 g/mol. The number of nitrogens with zero attached hydrogens (tertiary/aromatic N) is 4. The Balaban J connectivity index is 1.86. The molecule has 25 heavy (non-hydrogen) atoms. The molecule has 0 saturated heterocycles. The monoisotopic (exact) mass is 374 g/mol. The molecular formula is C17H15ClN4O2S. The van der Waals surface area contributed by atoms with Crippen LogP contribution in [0, 0.1) is 10.1 Å². The van der Waals surface area contributed by atoms with E-state index in [9.17, 15) is 10.1 Å². The first-order chi connectivity index (χ1) is 12.1. The van der Waals surface area contributed by atoms with Gasteiger partial charge in [0.05, 0.1) is 4.92 Å². The number of nitro groups is 1. The predicted octanol–water partition coefficient (Wildman–Crippen LogP) is 4.82. The molecule has 3 rings (SSSR count). The van der Waals surface area contributed by atoms with Gasteiger partial charge in [0.15, 0.2) is 11.0 Å². The highest BCUT2D eigenvalue weighted by molar-refractivity contribution is 7.98. The van der Waals surface area contributed by atoms with Gasteiger partial charge in [0.1, 0.15) is 0 Å². The third-order valence-corrected chi connectivity index (χ3v) is 4.88. The van der Waals surface area contributed by atoms with Crippen LogP contribution in [0.25, 0.3) is 11.4 Å². The van der Waals surface area contributed by atoms with E-state index in [1.807, 2.05) is 35.8 Å². The minimum atomic E-state index is -0.412. The zero-order valence-corrected chi connectivity index (χ0v) is 15.0. The lowest BCUT2D eigenvalue weighted by molar-refractivity contribution is -0.384. The van der Waals surface area contributed by atoms with Crippen LogP contribution in [0.4, 0.5) is 5.69 Å². The molecule has 8 heteroatoms. The summed E-state index contributed by atoms with van der Waals surface area (Å²) in [5.74, 6) is 1.34. The Morgan fingerprint density at radius 3 is 2.72 bits per heavy atom. The molecule has 0 unspecified atom stereocenters. The number of halogens is 1. The average Bonchev–Trinajstić information content (AvgIpc) is 3.03. The molecule has 0 saturated carbocycles. The molecule has 0 aliphatic carbocycles. The molecule has 0 aliphatic rings. The highest BCUT2D eigenvalue weighted by Crippen LogP contribution is 2.28. The molecule has 6 nitrogen and oxygen atoms in total. The quantitative estimate of drug-likeness (QED) is 0.351. The molecule has 0 amide bonds. The number of hydrogen-bond acceptors (Lipinski definition) is 5. The number of rotatable bonds is 6. The summed E-state index contributed by atoms with van der Waals surface area (Å²) in [5.41, 5.74) is 1.81. The minimum absolute atomic E-state index is 0.0382. The second-order valence-electron chi connectivity index (χ2n) is 5.28. The van der Waals surface area contributed by atoms with E-state index in [0.29, 0.717) is 28.7 Å². The Labute approximate surface area is 154 Å². The topological polar surface area (TPSA) is 73.8 Å². The Hall–Kier alpha value is -2.38. The fourth-order valence-corrected chi connectivity index (χ4v) is 3.59. The molecule has 0 radical (unpaired) electrons. The number of hydrogen-bond donors (Lipinski definition) is 0. The summed E-state index contributed by atoms with van der Waals surface area (Å²) in [5, 5.41) is 20.9. The Morgan fingerprint density at radius 2 is 2.00 bits per heavy atom. The summed E-state index contributed by atoms with van der Waals surface area (Å²) in [6.45, 7) is 2.66. The SMILES string of the molecule is CCn1c(SCc2cccc(Cl)c2)nnc1-c1cccc([N+](=O)[O-])c1. The van der Waals surface area contributed by atoms with Gasteiger partial charge in [0.25, 0.3) is 5.69 Å². The van der Waals surface area contributed by atoms with Crippen LogP contribution in [0.2, 0.25) is 5.02 Å². The van der Waals surface area contributed by atoms with Crippen LogP contribution in [-0.2, 0) is 12.3 Å². The van der Waals surface area contributed by atoms with Crippen molar-refractivity contribution < 1.29 is 4.92 Å². The number of thioether (sulfide) groups is 1. The van der Waals surface area contributed by atoms with Gasteiger partial charge < -0.3 is 4.57 Å². The van der Waals surface area contributed by atoms with Crippen molar-refractivity contribution in [2.24, 2.45) is 0 Å². The van der Waals surface area contributed by atoms with E-state index < -0.39 is 4.92 Å². The Morgan fingerprint density at radius 1 is 1.20 bits per heavy atom. The van der Waals surface area contributed by atoms with Crippen LogP contribution in [0.5, 0.6) is 0 Å². The first-order valence-electron chi connectivity index (χ1n) is 7.63. The van der Waals surface area contributed by atoms with Gasteiger partial charge in [0, 0.05) is 35.0 Å². The van der Waals surface area contributed by atoms with Crippen LogP contribution in [0.3, 0.4) is 0 Å². The van der Waals surface area contributed by atoms with Gasteiger partial charge in [-0.2, -0.15) is 0 Å². The van der Waals surface area contributed by atoms with E-state index in [4.69, 9.17) is 11.6 Å². The molecule has 0 N–H and O–H groups in total. The predicted molar refractivity (Wildman–Crippen MR) is 98.8 cm³/mol. The third kappa shape index (κ3) is 4.00. The summed E-state index contributed by atoms with van der Waals surface area (Å²) in [6.07, 6.45) is 0. The van der Waals surface area contributed by atoms with Crippen molar-refractivity contribution in [3.63, 3.8) is 0 Å². The van der Waals surface area contributed by atoms with E-state index in [2.05, 4.69) is 10.2 Å². The normalized spacial score (nSPS) is 10.8. The Kier molecular flexibility index (Phi) is 5.35. The lowest BCUT2D eigenvalue weighted by atomic mass is 10.2. The average molecular weight is 375 g/mol. The molecule has 128 valence electrons. The van der Waals surface area contributed by atoms with Crippen molar-refractivity contribution in [2.45, 2.75) is 24.4 Å². The van der Waals surface area contributed by atoms with Gasteiger partial charge in [-0.25, -0.2) is 0 Å². The van der Waals surface area contributed by atoms with E-state index in [1.54, 1.807) is 23.9 Å². The van der Waals surface area contributed by atoms with Crippen LogP contribution in [-0.4, -0.2) is 19.7 Å². The van der Waals surface area contributed by atoms with Crippen LogP contribution >= 0.6 is 23.4 Å². The zero-order valence-electron chi connectivity index (χ0n) is 13.4. The highest BCUT2D eigenvalue weighted by Gasteiger charge is 2.15. The van der Waals surface area contributed by atoms with Crippen molar-refractivity contribution in [2.75, 3.05) is 0 Å². The molecule has 1 heterocycles. The lowest BCUT2D eigenvalue weighted by Gasteiger charge is -2.07. The van der Waals surface area contributed by atoms with Crippen molar-refractivity contribution in [3.8, 4) is 11.4 Å². The number of nitro benzene ring substituents is 1. The standard InChI is InChI=1S/C17H15ClN4O2S/c1-2-21-16(13-6-4-8-15(10-13)22(23)24)19-20-17(21)25-11-12-5-3-7-14(18)9-12/h3-10H,2,11H2,1H3. The van der Waals surface area contributed by atoms with Crippen molar-refractivity contribution in [1.29, 1.82) is 0 Å². The number of aromatic nitrogens is 3. The second kappa shape index (κ2) is 7.67. The van der Waals surface area contributed by atoms with Gasteiger partial charge in [-0.1, -0.05) is 47.6 Å². The summed E-state index contributed by atoms with van der Waals surface area (Å²) in [4.78, 5) is 10.6. The Bertz CT molecular complexity index is 913. The first kappa shape index (κ1) is 17.4. The highest BCUT2D eigenvalue weighted by atomic mass is 35.5. The first-order valence-corrected chi connectivity index (χ1v) is 9.00. The molecule has 0 atom stereocenters. The molecule has 0 bridgehead atoms.